The molecule has 1 saturated carbocycles. The van der Waals surface area contributed by atoms with Gasteiger partial charge in [0.15, 0.2) is 0 Å². The van der Waals surface area contributed by atoms with Gasteiger partial charge in [-0.25, -0.2) is 9.78 Å². The van der Waals surface area contributed by atoms with Crippen LogP contribution in [-0.4, -0.2) is 42.2 Å². The maximum absolute atomic E-state index is 12.5. The number of aromatic nitrogens is 2. The highest BCUT2D eigenvalue weighted by Crippen LogP contribution is 2.31. The molecule has 0 bridgehead atoms. The Hall–Kier alpha value is -3.61. The molecule has 0 unspecified atom stereocenters. The Kier molecular flexibility index (Phi) is 7.58. The minimum atomic E-state index is -0.388. The first-order valence-electron chi connectivity index (χ1n) is 13.5. The SMILES string of the molecule is CN(C)c1nc(NC2CCC(N(C(N)=O)c3ccc(Cc4ccccc4)cc3)CC2)nc2c1CCCC2. The molecular weight excluding hydrogens is 460 g/mol. The van der Waals surface area contributed by atoms with Gasteiger partial charge in [0.25, 0.3) is 0 Å². The molecular formula is C30H38N6O. The van der Waals surface area contributed by atoms with Crippen molar-refractivity contribution < 1.29 is 4.79 Å². The van der Waals surface area contributed by atoms with Crippen molar-refractivity contribution in [2.45, 2.75) is 69.9 Å². The van der Waals surface area contributed by atoms with Gasteiger partial charge in [-0.05, 0) is 81.0 Å². The van der Waals surface area contributed by atoms with Gasteiger partial charge in [-0.15, -0.1) is 0 Å². The summed E-state index contributed by atoms with van der Waals surface area (Å²) in [5.74, 6) is 1.77. The topological polar surface area (TPSA) is 87.4 Å². The number of hydrogen-bond acceptors (Lipinski definition) is 5. The van der Waals surface area contributed by atoms with Crippen LogP contribution in [0, 0.1) is 0 Å². The number of amides is 2. The number of aryl methyl sites for hydroxylation is 1. The van der Waals surface area contributed by atoms with Crippen LogP contribution >= 0.6 is 0 Å². The molecule has 0 aliphatic heterocycles. The van der Waals surface area contributed by atoms with Crippen molar-refractivity contribution in [2.24, 2.45) is 5.73 Å². The number of fused-ring (bicyclic) bond motifs is 1. The molecule has 2 aliphatic carbocycles. The van der Waals surface area contributed by atoms with Gasteiger partial charge in [0, 0.05) is 37.4 Å². The second-order valence-corrected chi connectivity index (χ2v) is 10.6. The summed E-state index contributed by atoms with van der Waals surface area (Å²) >= 11 is 0. The van der Waals surface area contributed by atoms with Crippen LogP contribution in [0.2, 0.25) is 0 Å². The largest absolute Gasteiger partial charge is 0.362 e. The summed E-state index contributed by atoms with van der Waals surface area (Å²) in [7, 11) is 4.11. The minimum Gasteiger partial charge on any atom is -0.362 e. The lowest BCUT2D eigenvalue weighted by atomic mass is 9.90. The van der Waals surface area contributed by atoms with Crippen molar-refractivity contribution in [1.82, 2.24) is 9.97 Å². The molecule has 2 aliphatic rings. The zero-order valence-electron chi connectivity index (χ0n) is 22.0. The van der Waals surface area contributed by atoms with Crippen LogP contribution in [0.5, 0.6) is 0 Å². The normalized spacial score (nSPS) is 19.1. The van der Waals surface area contributed by atoms with E-state index in [0.717, 1.165) is 62.4 Å². The number of rotatable bonds is 7. The standard InChI is InChI=1S/C30H38N6O/c1-35(2)28-26-10-6-7-11-27(26)33-30(34-28)32-23-14-18-25(19-15-23)36(29(31)37)24-16-12-22(13-17-24)20-21-8-4-3-5-9-21/h3-5,8-9,12-13,16-17,23,25H,6-7,10-11,14-15,18-20H2,1-2H3,(H2,31,37)(H,32,33,34). The first-order chi connectivity index (χ1) is 18.0. The highest BCUT2D eigenvalue weighted by molar-refractivity contribution is 5.91. The maximum atomic E-state index is 12.5. The number of carbonyl (C=O) groups excluding carboxylic acids is 1. The Morgan fingerprint density at radius 3 is 2.27 bits per heavy atom. The quantitative estimate of drug-likeness (QED) is 0.460. The van der Waals surface area contributed by atoms with Crippen LogP contribution < -0.4 is 20.9 Å². The van der Waals surface area contributed by atoms with Crippen LogP contribution in [0.1, 0.15) is 60.9 Å². The van der Waals surface area contributed by atoms with E-state index in [4.69, 9.17) is 15.7 Å². The molecule has 0 radical (unpaired) electrons. The van der Waals surface area contributed by atoms with Crippen molar-refractivity contribution in [3.05, 3.63) is 77.0 Å². The Morgan fingerprint density at radius 1 is 0.919 bits per heavy atom. The highest BCUT2D eigenvalue weighted by Gasteiger charge is 2.30. The minimum absolute atomic E-state index is 0.0947. The molecule has 0 spiro atoms. The first-order valence-corrected chi connectivity index (χ1v) is 13.5. The first kappa shape index (κ1) is 25.1. The van der Waals surface area contributed by atoms with Gasteiger partial charge in [0.1, 0.15) is 5.82 Å². The van der Waals surface area contributed by atoms with E-state index in [2.05, 4.69) is 60.7 Å². The third kappa shape index (κ3) is 5.87. The monoisotopic (exact) mass is 498 g/mol. The molecule has 0 atom stereocenters. The molecule has 1 fully saturated rings. The van der Waals surface area contributed by atoms with E-state index in [9.17, 15) is 4.79 Å². The van der Waals surface area contributed by atoms with Crippen molar-refractivity contribution in [3.63, 3.8) is 0 Å². The third-order valence-corrected chi connectivity index (χ3v) is 7.68. The van der Waals surface area contributed by atoms with E-state index in [-0.39, 0.29) is 18.1 Å². The van der Waals surface area contributed by atoms with E-state index < -0.39 is 0 Å². The molecule has 3 aromatic rings. The van der Waals surface area contributed by atoms with Crippen LogP contribution in [0.4, 0.5) is 22.2 Å². The molecule has 1 aromatic heterocycles. The Bertz CT molecular complexity index is 1200. The van der Waals surface area contributed by atoms with Crippen molar-refractivity contribution in [2.75, 3.05) is 29.2 Å². The maximum Gasteiger partial charge on any atom is 0.319 e. The lowest BCUT2D eigenvalue weighted by Crippen LogP contribution is -2.46. The van der Waals surface area contributed by atoms with Crippen molar-refractivity contribution >= 4 is 23.5 Å². The number of urea groups is 1. The van der Waals surface area contributed by atoms with E-state index in [1.165, 1.54) is 35.2 Å². The van der Waals surface area contributed by atoms with Crippen molar-refractivity contribution in [1.29, 1.82) is 0 Å². The molecule has 1 heterocycles. The second-order valence-electron chi connectivity index (χ2n) is 10.6. The summed E-state index contributed by atoms with van der Waals surface area (Å²) in [6.45, 7) is 0. The fraction of sp³-hybridized carbons (Fsp3) is 0.433. The molecule has 37 heavy (non-hydrogen) atoms. The van der Waals surface area contributed by atoms with Gasteiger partial charge >= 0.3 is 6.03 Å². The van der Waals surface area contributed by atoms with E-state index in [0.29, 0.717) is 0 Å². The van der Waals surface area contributed by atoms with Gasteiger partial charge in [0.2, 0.25) is 5.95 Å². The molecule has 5 rings (SSSR count). The number of anilines is 3. The molecule has 7 heteroatoms. The molecule has 2 amide bonds. The number of hydrogen-bond donors (Lipinski definition) is 2. The Balaban J connectivity index is 1.23. The number of benzene rings is 2. The summed E-state index contributed by atoms with van der Waals surface area (Å²) < 4.78 is 0. The van der Waals surface area contributed by atoms with Crippen LogP contribution in [-0.2, 0) is 19.3 Å². The predicted octanol–water partition coefficient (Wildman–Crippen LogP) is 5.32. The number of nitrogens with two attached hydrogens (primary N) is 1. The third-order valence-electron chi connectivity index (χ3n) is 7.68. The molecule has 0 saturated heterocycles. The Morgan fingerprint density at radius 2 is 1.59 bits per heavy atom. The van der Waals surface area contributed by atoms with E-state index in [1.807, 2.05) is 18.2 Å². The molecule has 194 valence electrons. The summed E-state index contributed by atoms with van der Waals surface area (Å²) in [5, 5.41) is 3.60. The number of nitrogens with one attached hydrogen (secondary N) is 1. The molecule has 7 nitrogen and oxygen atoms in total. The van der Waals surface area contributed by atoms with Crippen LogP contribution in [0.3, 0.4) is 0 Å². The van der Waals surface area contributed by atoms with Crippen LogP contribution in [0.25, 0.3) is 0 Å². The zero-order valence-corrected chi connectivity index (χ0v) is 22.0. The molecule has 2 aromatic carbocycles. The molecule has 3 N–H and O–H groups in total. The summed E-state index contributed by atoms with van der Waals surface area (Å²) in [5.41, 5.74) is 11.7. The van der Waals surface area contributed by atoms with Gasteiger partial charge < -0.3 is 16.0 Å². The second kappa shape index (κ2) is 11.2. The number of carbonyl (C=O) groups is 1. The van der Waals surface area contributed by atoms with Crippen LogP contribution in [0.15, 0.2) is 54.6 Å². The lowest BCUT2D eigenvalue weighted by molar-refractivity contribution is 0.248. The highest BCUT2D eigenvalue weighted by atomic mass is 16.2. The smallest absolute Gasteiger partial charge is 0.319 e. The van der Waals surface area contributed by atoms with Gasteiger partial charge in [0.05, 0.1) is 5.69 Å². The lowest BCUT2D eigenvalue weighted by Gasteiger charge is -2.36. The van der Waals surface area contributed by atoms with E-state index >= 15 is 0 Å². The fourth-order valence-corrected chi connectivity index (χ4v) is 5.79. The number of primary amides is 1. The van der Waals surface area contributed by atoms with Crippen molar-refractivity contribution in [3.8, 4) is 0 Å². The van der Waals surface area contributed by atoms with Gasteiger partial charge in [-0.2, -0.15) is 4.98 Å². The Labute approximate surface area is 220 Å². The van der Waals surface area contributed by atoms with Gasteiger partial charge in [-0.3, -0.25) is 4.90 Å². The summed E-state index contributed by atoms with van der Waals surface area (Å²) in [4.78, 5) is 26.1. The predicted molar refractivity (Wildman–Crippen MR) is 150 cm³/mol. The summed E-state index contributed by atoms with van der Waals surface area (Å²) in [6, 6.07) is 18.7. The average Bonchev–Trinajstić information content (AvgIpc) is 2.91. The van der Waals surface area contributed by atoms with E-state index in [1.54, 1.807) is 4.90 Å². The summed E-state index contributed by atoms with van der Waals surface area (Å²) in [6.07, 6.45) is 9.01. The fourth-order valence-electron chi connectivity index (χ4n) is 5.79. The average molecular weight is 499 g/mol. The van der Waals surface area contributed by atoms with Gasteiger partial charge in [-0.1, -0.05) is 42.5 Å². The zero-order chi connectivity index (χ0) is 25.8. The number of nitrogens with zero attached hydrogens (tertiary/aromatic N) is 4.